The molecule has 6 heteroatoms. The predicted molar refractivity (Wildman–Crippen MR) is 90.9 cm³/mol. The molecule has 0 bridgehead atoms. The average Bonchev–Trinajstić information content (AvgIpc) is 2.61. The second kappa shape index (κ2) is 7.04. The molecule has 0 radical (unpaired) electrons. The fraction of sp³-hybridized carbons (Fsp3) is 0.167. The Balaban J connectivity index is 1.69. The molecule has 3 rings (SSSR count). The Kier molecular flexibility index (Phi) is 4.65. The number of hydrogen-bond acceptors (Lipinski definition) is 4. The number of nitrogens with one attached hydrogen (secondary N) is 2. The number of aromatic nitrogens is 2. The summed E-state index contributed by atoms with van der Waals surface area (Å²) in [6, 6.07) is 13.8. The van der Waals surface area contributed by atoms with E-state index in [0.29, 0.717) is 17.7 Å². The Bertz CT molecular complexity index is 854. The van der Waals surface area contributed by atoms with Crippen molar-refractivity contribution in [2.75, 3.05) is 5.32 Å². The van der Waals surface area contributed by atoms with Gasteiger partial charge < -0.3 is 10.6 Å². The summed E-state index contributed by atoms with van der Waals surface area (Å²) < 4.78 is 13.8. The maximum absolute atomic E-state index is 13.8. The van der Waals surface area contributed by atoms with Gasteiger partial charge >= 0.3 is 0 Å². The lowest BCUT2D eigenvalue weighted by Crippen LogP contribution is -2.37. The SMILES string of the molecule is CC(Nc1ncnc2c(F)cccc12)C(=O)NCc1ccccc1. The number of nitrogens with zero attached hydrogens (tertiary/aromatic N) is 2. The minimum atomic E-state index is -0.518. The molecule has 0 aliphatic rings. The third-order valence-corrected chi connectivity index (χ3v) is 3.67. The number of carbonyl (C=O) groups is 1. The fourth-order valence-electron chi connectivity index (χ4n) is 2.38. The quantitative estimate of drug-likeness (QED) is 0.757. The number of rotatable bonds is 5. The van der Waals surface area contributed by atoms with Gasteiger partial charge in [0.1, 0.15) is 29.5 Å². The van der Waals surface area contributed by atoms with Crippen LogP contribution in [0.15, 0.2) is 54.9 Å². The van der Waals surface area contributed by atoms with E-state index in [0.717, 1.165) is 5.56 Å². The van der Waals surface area contributed by atoms with E-state index < -0.39 is 11.9 Å². The van der Waals surface area contributed by atoms with Crippen LogP contribution in [-0.4, -0.2) is 21.9 Å². The van der Waals surface area contributed by atoms with E-state index in [1.807, 2.05) is 30.3 Å². The molecule has 1 amide bonds. The number of para-hydroxylation sites is 1. The first-order valence-corrected chi connectivity index (χ1v) is 7.62. The molecule has 5 nitrogen and oxygen atoms in total. The topological polar surface area (TPSA) is 66.9 Å². The Morgan fingerprint density at radius 1 is 1.12 bits per heavy atom. The van der Waals surface area contributed by atoms with Crippen LogP contribution in [0.3, 0.4) is 0 Å². The smallest absolute Gasteiger partial charge is 0.242 e. The van der Waals surface area contributed by atoms with Crippen molar-refractivity contribution in [2.24, 2.45) is 0 Å². The van der Waals surface area contributed by atoms with Crippen LogP contribution >= 0.6 is 0 Å². The molecule has 0 saturated heterocycles. The minimum Gasteiger partial charge on any atom is -0.358 e. The van der Waals surface area contributed by atoms with Crippen LogP contribution in [0.5, 0.6) is 0 Å². The van der Waals surface area contributed by atoms with Gasteiger partial charge in [0.2, 0.25) is 5.91 Å². The lowest BCUT2D eigenvalue weighted by atomic mass is 10.2. The first kappa shape index (κ1) is 15.9. The van der Waals surface area contributed by atoms with E-state index in [2.05, 4.69) is 20.6 Å². The van der Waals surface area contributed by atoms with Crippen molar-refractivity contribution in [2.45, 2.75) is 19.5 Å². The Morgan fingerprint density at radius 3 is 2.71 bits per heavy atom. The van der Waals surface area contributed by atoms with Crippen LogP contribution < -0.4 is 10.6 Å². The highest BCUT2D eigenvalue weighted by Gasteiger charge is 2.15. The monoisotopic (exact) mass is 324 g/mol. The second-order valence-corrected chi connectivity index (χ2v) is 5.43. The molecule has 1 heterocycles. The molecule has 0 aliphatic carbocycles. The lowest BCUT2D eigenvalue weighted by molar-refractivity contribution is -0.121. The Labute approximate surface area is 138 Å². The number of halogens is 1. The van der Waals surface area contributed by atoms with Crippen LogP contribution in [0.1, 0.15) is 12.5 Å². The largest absolute Gasteiger partial charge is 0.358 e. The van der Waals surface area contributed by atoms with E-state index in [1.165, 1.54) is 12.4 Å². The summed E-state index contributed by atoms with van der Waals surface area (Å²) in [6.07, 6.45) is 1.28. The van der Waals surface area contributed by atoms with E-state index in [-0.39, 0.29) is 11.4 Å². The van der Waals surface area contributed by atoms with Crippen LogP contribution in [0, 0.1) is 5.82 Å². The third kappa shape index (κ3) is 3.48. The van der Waals surface area contributed by atoms with E-state index in [9.17, 15) is 9.18 Å². The van der Waals surface area contributed by atoms with E-state index in [4.69, 9.17) is 0 Å². The van der Waals surface area contributed by atoms with Gasteiger partial charge in [0.15, 0.2) is 0 Å². The second-order valence-electron chi connectivity index (χ2n) is 5.43. The minimum absolute atomic E-state index is 0.165. The first-order chi connectivity index (χ1) is 11.6. The fourth-order valence-corrected chi connectivity index (χ4v) is 2.38. The first-order valence-electron chi connectivity index (χ1n) is 7.62. The van der Waals surface area contributed by atoms with Crippen molar-refractivity contribution < 1.29 is 9.18 Å². The van der Waals surface area contributed by atoms with Gasteiger partial charge in [0, 0.05) is 11.9 Å². The molecular formula is C18H17FN4O. The molecule has 0 spiro atoms. The standard InChI is InChI=1S/C18H17FN4O/c1-12(18(24)20-10-13-6-3-2-4-7-13)23-17-14-8-5-9-15(19)16(14)21-11-22-17/h2-9,11-12H,10H2,1H3,(H,20,24)(H,21,22,23). The molecule has 1 unspecified atom stereocenters. The summed E-state index contributed by atoms with van der Waals surface area (Å²) in [5.74, 6) is -0.150. The van der Waals surface area contributed by atoms with Crippen LogP contribution in [0.25, 0.3) is 10.9 Å². The molecule has 24 heavy (non-hydrogen) atoms. The molecule has 0 fully saturated rings. The zero-order valence-electron chi connectivity index (χ0n) is 13.2. The highest BCUT2D eigenvalue weighted by Crippen LogP contribution is 2.21. The predicted octanol–water partition coefficient (Wildman–Crippen LogP) is 2.89. The lowest BCUT2D eigenvalue weighted by Gasteiger charge is -2.16. The van der Waals surface area contributed by atoms with Crippen molar-refractivity contribution in [3.8, 4) is 0 Å². The highest BCUT2D eigenvalue weighted by molar-refractivity contribution is 5.92. The van der Waals surface area contributed by atoms with Gasteiger partial charge in [-0.05, 0) is 24.6 Å². The molecule has 2 N–H and O–H groups in total. The van der Waals surface area contributed by atoms with Crippen molar-refractivity contribution in [3.63, 3.8) is 0 Å². The Morgan fingerprint density at radius 2 is 1.92 bits per heavy atom. The summed E-state index contributed by atoms with van der Waals surface area (Å²) in [6.45, 7) is 2.18. The molecule has 1 aromatic heterocycles. The molecular weight excluding hydrogens is 307 g/mol. The van der Waals surface area contributed by atoms with Gasteiger partial charge in [-0.15, -0.1) is 0 Å². The van der Waals surface area contributed by atoms with Crippen LogP contribution in [0.4, 0.5) is 10.2 Å². The average molecular weight is 324 g/mol. The molecule has 3 aromatic rings. The molecule has 1 atom stereocenters. The van der Waals surface area contributed by atoms with Gasteiger partial charge in [-0.3, -0.25) is 4.79 Å². The third-order valence-electron chi connectivity index (χ3n) is 3.67. The summed E-state index contributed by atoms with van der Waals surface area (Å²) in [4.78, 5) is 20.3. The van der Waals surface area contributed by atoms with Gasteiger partial charge in [-0.25, -0.2) is 14.4 Å². The van der Waals surface area contributed by atoms with Gasteiger partial charge in [0.05, 0.1) is 0 Å². The zero-order valence-corrected chi connectivity index (χ0v) is 13.2. The maximum Gasteiger partial charge on any atom is 0.242 e. The van der Waals surface area contributed by atoms with Gasteiger partial charge in [-0.1, -0.05) is 36.4 Å². The summed E-state index contributed by atoms with van der Waals surface area (Å²) >= 11 is 0. The maximum atomic E-state index is 13.8. The summed E-state index contributed by atoms with van der Waals surface area (Å²) in [5, 5.41) is 6.42. The number of hydrogen-bond donors (Lipinski definition) is 2. The Hall–Kier alpha value is -3.02. The van der Waals surface area contributed by atoms with E-state index >= 15 is 0 Å². The number of benzene rings is 2. The van der Waals surface area contributed by atoms with Crippen molar-refractivity contribution in [1.82, 2.24) is 15.3 Å². The summed E-state index contributed by atoms with van der Waals surface area (Å²) in [7, 11) is 0. The van der Waals surface area contributed by atoms with Crippen LogP contribution in [-0.2, 0) is 11.3 Å². The zero-order chi connectivity index (χ0) is 16.9. The molecule has 0 saturated carbocycles. The van der Waals surface area contributed by atoms with E-state index in [1.54, 1.807) is 19.1 Å². The molecule has 0 aliphatic heterocycles. The van der Waals surface area contributed by atoms with Crippen LogP contribution in [0.2, 0.25) is 0 Å². The van der Waals surface area contributed by atoms with Crippen molar-refractivity contribution in [1.29, 1.82) is 0 Å². The van der Waals surface area contributed by atoms with Gasteiger partial charge in [0.25, 0.3) is 0 Å². The number of carbonyl (C=O) groups excluding carboxylic acids is 1. The number of fused-ring (bicyclic) bond motifs is 1. The number of amides is 1. The summed E-state index contributed by atoms with van der Waals surface area (Å²) in [5.41, 5.74) is 1.25. The van der Waals surface area contributed by atoms with Crippen molar-refractivity contribution in [3.05, 3.63) is 66.2 Å². The number of anilines is 1. The van der Waals surface area contributed by atoms with Gasteiger partial charge in [-0.2, -0.15) is 0 Å². The molecule has 122 valence electrons. The highest BCUT2D eigenvalue weighted by atomic mass is 19.1. The molecule has 2 aromatic carbocycles. The normalized spacial score (nSPS) is 11.9. The van der Waals surface area contributed by atoms with Crippen molar-refractivity contribution >= 4 is 22.6 Å².